The molecule has 0 aromatic heterocycles. The summed E-state index contributed by atoms with van der Waals surface area (Å²) >= 11 is 0. The van der Waals surface area contributed by atoms with E-state index >= 15 is 0 Å². The molecule has 1 aliphatic rings. The Bertz CT molecular complexity index is 407. The van der Waals surface area contributed by atoms with Crippen LogP contribution in [0.5, 0.6) is 5.75 Å². The third-order valence-electron chi connectivity index (χ3n) is 2.10. The fraction of sp³-hybridized carbons (Fsp3) is 0.300. The number of hydrogen-bond acceptors (Lipinski definition) is 2. The zero-order valence-corrected chi connectivity index (χ0v) is 8.18. The van der Waals surface area contributed by atoms with Gasteiger partial charge in [-0.2, -0.15) is 0 Å². The molecule has 0 aliphatic carbocycles. The molecule has 70 valence electrons. The lowest BCUT2D eigenvalue weighted by molar-refractivity contribution is 0.343. The van der Waals surface area contributed by atoms with E-state index in [1.165, 1.54) is 0 Å². The maximum Gasteiger partial charge on any atom is 0.123 e. The molecule has 13 heavy (non-hydrogen) atoms. The monoisotopic (exact) mass is 196 g/mol. The molecule has 0 saturated carbocycles. The zero-order valence-electron chi connectivity index (χ0n) is 7.36. The summed E-state index contributed by atoms with van der Waals surface area (Å²) in [6.45, 7) is 0.513. The molecule has 0 N–H and O–H groups in total. The maximum atomic E-state index is 11.8. The van der Waals surface area contributed by atoms with Gasteiger partial charge in [0, 0.05) is 11.3 Å². The van der Waals surface area contributed by atoms with Crippen LogP contribution in [0.25, 0.3) is 0 Å². The zero-order chi connectivity index (χ0) is 9.31. The lowest BCUT2D eigenvalue weighted by Gasteiger charge is -2.04. The highest BCUT2D eigenvalue weighted by Crippen LogP contribution is 2.23. The average Bonchev–Trinajstić information content (AvgIpc) is 2.21. The summed E-state index contributed by atoms with van der Waals surface area (Å²) in [5, 5.41) is 0. The van der Waals surface area contributed by atoms with Crippen molar-refractivity contribution >= 4 is 15.4 Å². The summed E-state index contributed by atoms with van der Waals surface area (Å²) in [6.07, 6.45) is 0. The van der Waals surface area contributed by atoms with Gasteiger partial charge in [0.1, 0.15) is 5.75 Å². The molecule has 0 spiro atoms. The Balaban J connectivity index is 2.46. The van der Waals surface area contributed by atoms with Gasteiger partial charge in [-0.05, 0) is 21.5 Å². The Labute approximate surface area is 78.5 Å². The average molecular weight is 196 g/mol. The van der Waals surface area contributed by atoms with Gasteiger partial charge >= 0.3 is 0 Å². The first-order valence-corrected chi connectivity index (χ1v) is 6.27. The molecule has 0 amide bonds. The summed E-state index contributed by atoms with van der Waals surface area (Å²) in [4.78, 5) is 0. The Kier molecular flexibility index (Phi) is 2.04. The highest BCUT2D eigenvalue weighted by Gasteiger charge is 2.14. The second kappa shape index (κ2) is 3.07. The third-order valence-corrected chi connectivity index (χ3v) is 3.85. The second-order valence-corrected chi connectivity index (χ2v) is 5.90. The maximum absolute atomic E-state index is 11.8. The number of fused-ring (bicyclic) bond motifs is 1. The van der Waals surface area contributed by atoms with Crippen LogP contribution in [0.15, 0.2) is 24.3 Å². The smallest absolute Gasteiger partial charge is 0.123 e. The molecule has 3 heteroatoms. The van der Waals surface area contributed by atoms with Crippen LogP contribution in [0.3, 0.4) is 0 Å². The Morgan fingerprint density at radius 3 is 3.00 bits per heavy atom. The van der Waals surface area contributed by atoms with Crippen LogP contribution >= 0.6 is 0 Å². The van der Waals surface area contributed by atoms with Crippen LogP contribution < -0.4 is 4.74 Å². The summed E-state index contributed by atoms with van der Waals surface area (Å²) in [7, 11) is -1.96. The first kappa shape index (κ1) is 8.63. The van der Waals surface area contributed by atoms with Crippen LogP contribution in [0, 0.1) is 0 Å². The van der Waals surface area contributed by atoms with Gasteiger partial charge in [0.2, 0.25) is 0 Å². The molecule has 1 heterocycles. The van der Waals surface area contributed by atoms with Crippen molar-refractivity contribution in [2.75, 3.05) is 12.4 Å². The quantitative estimate of drug-likeness (QED) is 0.585. The van der Waals surface area contributed by atoms with Crippen molar-refractivity contribution in [2.24, 2.45) is 0 Å². The summed E-state index contributed by atoms with van der Waals surface area (Å²) in [5.41, 5.74) is 1.01. The molecule has 2 rings (SSSR count). The molecule has 1 atom stereocenters. The van der Waals surface area contributed by atoms with Gasteiger partial charge in [0.15, 0.2) is 0 Å². The topological polar surface area (TPSA) is 26.3 Å². The van der Waals surface area contributed by atoms with E-state index in [-0.39, 0.29) is 0 Å². The van der Waals surface area contributed by atoms with Gasteiger partial charge in [-0.25, -0.2) is 0 Å². The molecule has 0 saturated heterocycles. The SMILES string of the molecule is C=S1(=O)CCOc2ccccc2C1. The molecule has 1 aliphatic heterocycles. The number of para-hydroxylation sites is 1. The fourth-order valence-electron chi connectivity index (χ4n) is 1.42. The van der Waals surface area contributed by atoms with Crippen LogP contribution in [-0.4, -0.2) is 22.4 Å². The van der Waals surface area contributed by atoms with Crippen molar-refractivity contribution in [1.29, 1.82) is 0 Å². The highest BCUT2D eigenvalue weighted by atomic mass is 32.2. The van der Waals surface area contributed by atoms with Crippen molar-refractivity contribution < 1.29 is 8.95 Å². The number of benzene rings is 1. The van der Waals surface area contributed by atoms with Gasteiger partial charge in [-0.3, -0.25) is 4.21 Å². The minimum absolute atomic E-state index is 0.513. The molecule has 1 unspecified atom stereocenters. The largest absolute Gasteiger partial charge is 0.492 e. The Morgan fingerprint density at radius 1 is 1.38 bits per heavy atom. The van der Waals surface area contributed by atoms with Gasteiger partial charge in [0.05, 0.1) is 12.4 Å². The van der Waals surface area contributed by atoms with Crippen LogP contribution in [0.1, 0.15) is 5.56 Å². The van der Waals surface area contributed by atoms with Crippen molar-refractivity contribution in [3.63, 3.8) is 0 Å². The molecule has 0 bridgehead atoms. The fourth-order valence-corrected chi connectivity index (χ4v) is 2.76. The first-order valence-electron chi connectivity index (χ1n) is 4.21. The predicted octanol–water partition coefficient (Wildman–Crippen LogP) is 1.30. The lowest BCUT2D eigenvalue weighted by Crippen LogP contribution is -2.10. The van der Waals surface area contributed by atoms with Crippen molar-refractivity contribution in [1.82, 2.24) is 0 Å². The Hall–Kier alpha value is -0.960. The molecule has 0 fully saturated rings. The van der Waals surface area contributed by atoms with Gasteiger partial charge in [-0.15, -0.1) is 0 Å². The highest BCUT2D eigenvalue weighted by molar-refractivity contribution is 7.99. The van der Waals surface area contributed by atoms with Crippen LogP contribution in [0.2, 0.25) is 0 Å². The Morgan fingerprint density at radius 2 is 2.15 bits per heavy atom. The van der Waals surface area contributed by atoms with E-state index in [0.29, 0.717) is 18.1 Å². The van der Waals surface area contributed by atoms with E-state index in [0.717, 1.165) is 11.3 Å². The third kappa shape index (κ3) is 1.86. The van der Waals surface area contributed by atoms with Crippen LogP contribution in [-0.2, 0) is 15.3 Å². The van der Waals surface area contributed by atoms with E-state index in [4.69, 9.17) is 4.74 Å². The summed E-state index contributed by atoms with van der Waals surface area (Å²) < 4.78 is 17.3. The minimum atomic E-state index is -1.96. The van der Waals surface area contributed by atoms with E-state index in [1.807, 2.05) is 24.3 Å². The van der Waals surface area contributed by atoms with E-state index in [9.17, 15) is 4.21 Å². The van der Waals surface area contributed by atoms with E-state index < -0.39 is 9.52 Å². The molecular formula is C10H12O2S. The minimum Gasteiger partial charge on any atom is -0.492 e. The number of ether oxygens (including phenoxy) is 1. The number of rotatable bonds is 0. The first-order chi connectivity index (χ1) is 6.17. The van der Waals surface area contributed by atoms with Crippen molar-refractivity contribution in [3.8, 4) is 5.75 Å². The van der Waals surface area contributed by atoms with E-state index in [2.05, 4.69) is 5.87 Å². The molecular weight excluding hydrogens is 184 g/mol. The van der Waals surface area contributed by atoms with Gasteiger partial charge in [-0.1, -0.05) is 18.2 Å². The van der Waals surface area contributed by atoms with Gasteiger partial charge in [0.25, 0.3) is 0 Å². The van der Waals surface area contributed by atoms with Crippen LogP contribution in [0.4, 0.5) is 0 Å². The van der Waals surface area contributed by atoms with Gasteiger partial charge < -0.3 is 4.74 Å². The normalized spacial score (nSPS) is 27.1. The number of hydrogen-bond donors (Lipinski definition) is 0. The van der Waals surface area contributed by atoms with E-state index in [1.54, 1.807) is 0 Å². The molecule has 0 radical (unpaired) electrons. The predicted molar refractivity (Wildman–Crippen MR) is 55.8 cm³/mol. The molecule has 2 nitrogen and oxygen atoms in total. The summed E-state index contributed by atoms with van der Waals surface area (Å²) in [5.74, 6) is 5.70. The lowest BCUT2D eigenvalue weighted by atomic mass is 10.2. The summed E-state index contributed by atoms with van der Waals surface area (Å²) in [6, 6.07) is 7.72. The standard InChI is InChI=1S/C10H12O2S/c1-13(11)7-6-12-10-5-3-2-4-9(10)8-13/h2-5H,1,6-8H2. The molecule has 1 aromatic rings. The van der Waals surface area contributed by atoms with Crippen molar-refractivity contribution in [3.05, 3.63) is 29.8 Å². The second-order valence-electron chi connectivity index (χ2n) is 3.27. The van der Waals surface area contributed by atoms with Crippen molar-refractivity contribution in [2.45, 2.75) is 5.75 Å². The molecule has 1 aromatic carbocycles.